The molecule has 5 N–H and O–H groups in total. The molecule has 2 aliphatic rings. The van der Waals surface area contributed by atoms with E-state index in [2.05, 4.69) is 25.8 Å². The monoisotopic (exact) mass is 459 g/mol. The lowest BCUT2D eigenvalue weighted by Gasteiger charge is -2.22. The van der Waals surface area contributed by atoms with Gasteiger partial charge in [0.05, 0.1) is 16.9 Å². The number of hydrogen-bond acceptors (Lipinski definition) is 6. The van der Waals surface area contributed by atoms with Crippen molar-refractivity contribution in [2.45, 2.75) is 37.2 Å². The third-order valence-corrected chi connectivity index (χ3v) is 7.13. The van der Waals surface area contributed by atoms with E-state index >= 15 is 0 Å². The average Bonchev–Trinajstić information content (AvgIpc) is 3.49. The van der Waals surface area contributed by atoms with Crippen LogP contribution in [-0.4, -0.2) is 36.2 Å². The van der Waals surface area contributed by atoms with Gasteiger partial charge in [-0.3, -0.25) is 9.48 Å². The minimum absolute atomic E-state index is 0.0490. The van der Waals surface area contributed by atoms with E-state index in [-0.39, 0.29) is 28.6 Å². The highest BCUT2D eigenvalue weighted by Crippen LogP contribution is 2.56. The Morgan fingerprint density at radius 2 is 2.09 bits per heavy atom. The number of nitrogens with one attached hydrogen (secondary N) is 2. The maximum atomic E-state index is 13.4. The average molecular weight is 460 g/mol. The smallest absolute Gasteiger partial charge is 0.261 e. The maximum absolute atomic E-state index is 13.4. The molecule has 0 saturated heterocycles. The molecule has 3 aromatic rings. The summed E-state index contributed by atoms with van der Waals surface area (Å²) in [6.45, 7) is 0. The van der Waals surface area contributed by atoms with Gasteiger partial charge >= 0.3 is 0 Å². The third kappa shape index (κ3) is 3.43. The largest absolute Gasteiger partial charge is 0.383 e. The van der Waals surface area contributed by atoms with Crippen LogP contribution in [0.3, 0.4) is 0 Å². The van der Waals surface area contributed by atoms with Crippen LogP contribution >= 0.6 is 11.6 Å². The molecule has 0 aliphatic heterocycles. The topological polar surface area (TPSA) is 135 Å². The van der Waals surface area contributed by atoms with Crippen molar-refractivity contribution in [3.63, 3.8) is 0 Å². The highest BCUT2D eigenvalue weighted by atomic mass is 35.5. The van der Waals surface area contributed by atoms with E-state index in [1.165, 1.54) is 22.9 Å². The number of nitrogens with zero attached hydrogens (tertiary/aromatic N) is 4. The molecule has 2 unspecified atom stereocenters. The van der Waals surface area contributed by atoms with Gasteiger partial charge in [-0.2, -0.15) is 20.5 Å². The summed E-state index contributed by atoms with van der Waals surface area (Å²) in [5.74, 6) is -0.0814. The van der Waals surface area contributed by atoms with Crippen LogP contribution in [0.1, 0.15) is 53.3 Å². The quantitative estimate of drug-likeness (QED) is 0.473. The Kier molecular flexibility index (Phi) is 4.94. The van der Waals surface area contributed by atoms with E-state index in [0.29, 0.717) is 35.5 Å². The Balaban J connectivity index is 1.36. The van der Waals surface area contributed by atoms with Gasteiger partial charge in [0.25, 0.3) is 5.91 Å². The van der Waals surface area contributed by atoms with Gasteiger partial charge < -0.3 is 16.2 Å². The molecule has 0 radical (unpaired) electrons. The molecule has 9 nitrogen and oxygen atoms in total. The molecule has 2 heterocycles. The Hall–Kier alpha value is -2.98. The first kappa shape index (κ1) is 20.9. The molecule has 2 aliphatic carbocycles. The predicted octanol–water partition coefficient (Wildman–Crippen LogP) is 2.96. The minimum atomic E-state index is -0.974. The van der Waals surface area contributed by atoms with E-state index in [4.69, 9.17) is 17.3 Å². The number of benzene rings is 1. The highest BCUT2D eigenvalue weighted by molar-refractivity contribution is 6.31. The van der Waals surface area contributed by atoms with E-state index in [9.17, 15) is 14.3 Å². The predicted molar refractivity (Wildman–Crippen MR) is 115 cm³/mol. The number of nitrogen functional groups attached to an aromatic ring is 1. The van der Waals surface area contributed by atoms with Crippen LogP contribution in [0.5, 0.6) is 0 Å². The number of carbonyl (C=O) groups is 1. The first-order valence-electron chi connectivity index (χ1n) is 10.4. The van der Waals surface area contributed by atoms with Crippen molar-refractivity contribution in [2.24, 2.45) is 18.9 Å². The Labute approximate surface area is 188 Å². The highest BCUT2D eigenvalue weighted by Gasteiger charge is 2.51. The van der Waals surface area contributed by atoms with E-state index in [1.54, 1.807) is 13.2 Å². The lowest BCUT2D eigenvalue weighted by molar-refractivity contribution is 0.0300. The summed E-state index contributed by atoms with van der Waals surface area (Å²) in [6.07, 6.45) is 4.35. The number of anilines is 2. The Bertz CT molecular complexity index is 1170. The normalized spacial score (nSPS) is 26.9. The number of rotatable bonds is 4. The van der Waals surface area contributed by atoms with Crippen LogP contribution in [0.2, 0.25) is 5.02 Å². The summed E-state index contributed by atoms with van der Waals surface area (Å²) in [6, 6.07) is 3.99. The zero-order valence-corrected chi connectivity index (χ0v) is 18.1. The summed E-state index contributed by atoms with van der Waals surface area (Å²) >= 11 is 5.83. The molecule has 1 aromatic carbocycles. The summed E-state index contributed by atoms with van der Waals surface area (Å²) < 4.78 is 14.9. The first-order chi connectivity index (χ1) is 15.2. The van der Waals surface area contributed by atoms with Crippen molar-refractivity contribution in [1.29, 1.82) is 0 Å². The fraction of sp³-hybridized carbons (Fsp3) is 0.429. The van der Waals surface area contributed by atoms with Gasteiger partial charge in [0, 0.05) is 18.7 Å². The second kappa shape index (κ2) is 7.56. The van der Waals surface area contributed by atoms with Crippen molar-refractivity contribution in [2.75, 3.05) is 11.1 Å². The van der Waals surface area contributed by atoms with Crippen molar-refractivity contribution in [1.82, 2.24) is 25.2 Å². The summed E-state index contributed by atoms with van der Waals surface area (Å²) in [5, 5.41) is 28.7. The lowest BCUT2D eigenvalue weighted by atomic mass is 9.90. The Morgan fingerprint density at radius 1 is 1.38 bits per heavy atom. The summed E-state index contributed by atoms with van der Waals surface area (Å²) in [5.41, 5.74) is 7.14. The molecular weight excluding hydrogens is 437 g/mol. The summed E-state index contributed by atoms with van der Waals surface area (Å²) in [7, 11) is 1.70. The zero-order valence-electron chi connectivity index (χ0n) is 17.3. The summed E-state index contributed by atoms with van der Waals surface area (Å²) in [4.78, 5) is 13.1. The molecule has 11 heteroatoms. The van der Waals surface area contributed by atoms with Crippen LogP contribution in [0.25, 0.3) is 0 Å². The molecule has 2 aromatic heterocycles. The molecule has 0 bridgehead atoms. The van der Waals surface area contributed by atoms with Gasteiger partial charge in [-0.25, -0.2) is 4.39 Å². The van der Waals surface area contributed by atoms with Gasteiger partial charge in [0.1, 0.15) is 28.5 Å². The number of nitrogens with two attached hydrogens (primary N) is 1. The SMILES string of the molecule is Cn1nc(C2CC3CC(O)(c4cn[nH]n4)CC3C2)c(C(=O)Nc2ccc(F)c(Cl)c2)c1N. The number of amides is 1. The molecule has 32 heavy (non-hydrogen) atoms. The number of aliphatic hydroxyl groups is 1. The number of carbonyl (C=O) groups excluding carboxylic acids is 1. The molecular formula is C21H23ClFN7O2. The number of halogens is 2. The van der Waals surface area contributed by atoms with Crippen LogP contribution in [0, 0.1) is 17.7 Å². The number of aryl methyl sites for hydroxylation is 1. The zero-order chi connectivity index (χ0) is 22.6. The van der Waals surface area contributed by atoms with Crippen LogP contribution < -0.4 is 11.1 Å². The van der Waals surface area contributed by atoms with Crippen molar-refractivity contribution < 1.29 is 14.3 Å². The number of H-pyrrole nitrogens is 1. The molecule has 2 fully saturated rings. The fourth-order valence-corrected chi connectivity index (χ4v) is 5.55. The second-order valence-electron chi connectivity index (χ2n) is 8.84. The molecule has 0 spiro atoms. The molecule has 1 amide bonds. The molecule has 2 saturated carbocycles. The molecule has 5 rings (SSSR count). The number of aromatic amines is 1. The minimum Gasteiger partial charge on any atom is -0.383 e. The van der Waals surface area contributed by atoms with Gasteiger partial charge in [0.15, 0.2) is 0 Å². The van der Waals surface area contributed by atoms with Gasteiger partial charge in [0.2, 0.25) is 0 Å². The van der Waals surface area contributed by atoms with Gasteiger partial charge in [-0.15, -0.1) is 0 Å². The van der Waals surface area contributed by atoms with Crippen molar-refractivity contribution in [3.05, 3.63) is 52.2 Å². The third-order valence-electron chi connectivity index (χ3n) is 6.84. The fourth-order valence-electron chi connectivity index (χ4n) is 5.37. The first-order valence-corrected chi connectivity index (χ1v) is 10.8. The van der Waals surface area contributed by atoms with Crippen LogP contribution in [0.4, 0.5) is 15.9 Å². The van der Waals surface area contributed by atoms with Crippen molar-refractivity contribution >= 4 is 29.0 Å². The van der Waals surface area contributed by atoms with E-state index in [1.807, 2.05) is 0 Å². The van der Waals surface area contributed by atoms with E-state index < -0.39 is 17.3 Å². The molecule has 2 atom stereocenters. The maximum Gasteiger partial charge on any atom is 0.261 e. The van der Waals surface area contributed by atoms with Crippen molar-refractivity contribution in [3.8, 4) is 0 Å². The van der Waals surface area contributed by atoms with Crippen LogP contribution in [0.15, 0.2) is 24.4 Å². The van der Waals surface area contributed by atoms with E-state index in [0.717, 1.165) is 12.8 Å². The Morgan fingerprint density at radius 3 is 2.72 bits per heavy atom. The van der Waals surface area contributed by atoms with Gasteiger partial charge in [-0.05, 0) is 55.7 Å². The number of hydrogen-bond donors (Lipinski definition) is 4. The van der Waals surface area contributed by atoms with Gasteiger partial charge in [-0.1, -0.05) is 11.6 Å². The molecule has 168 valence electrons. The lowest BCUT2D eigenvalue weighted by Crippen LogP contribution is -2.23. The standard InChI is InChI=1S/C21H23ClFN7O2/c1-30-19(24)17(20(31)26-13-2-3-15(23)14(22)6-13)18(28-30)10-4-11-7-21(32,8-12(11)5-10)16-9-25-29-27-16/h2-3,6,9-12,32H,4-5,7-8,24H2,1H3,(H,26,31)(H,25,27,29). The van der Waals surface area contributed by atoms with Crippen LogP contribution in [-0.2, 0) is 12.6 Å². The number of fused-ring (bicyclic) bond motifs is 1. The number of aromatic nitrogens is 5. The second-order valence-corrected chi connectivity index (χ2v) is 9.24.